The van der Waals surface area contributed by atoms with Gasteiger partial charge in [-0.15, -0.1) is 0 Å². The van der Waals surface area contributed by atoms with Gasteiger partial charge in [0.15, 0.2) is 0 Å². The Morgan fingerprint density at radius 3 is 2.67 bits per heavy atom. The molecule has 0 saturated heterocycles. The zero-order valence-electron chi connectivity index (χ0n) is 12.4. The van der Waals surface area contributed by atoms with E-state index in [1.54, 1.807) is 12.3 Å². The molecule has 4 rings (SSSR count). The van der Waals surface area contributed by atoms with Crippen LogP contribution in [0.2, 0.25) is 0 Å². The third-order valence-electron chi connectivity index (χ3n) is 3.93. The van der Waals surface area contributed by atoms with Crippen molar-refractivity contribution >= 4 is 21.8 Å². The van der Waals surface area contributed by atoms with Gasteiger partial charge in [0, 0.05) is 28.7 Å². The van der Waals surface area contributed by atoms with E-state index in [1.165, 1.54) is 19.5 Å². The summed E-state index contributed by atoms with van der Waals surface area (Å²) < 4.78 is 44.8. The molecule has 8 heteroatoms. The summed E-state index contributed by atoms with van der Waals surface area (Å²) in [5.41, 5.74) is 1.19. The van der Waals surface area contributed by atoms with E-state index in [2.05, 4.69) is 20.2 Å². The first-order valence-corrected chi connectivity index (χ1v) is 7.04. The van der Waals surface area contributed by atoms with Crippen molar-refractivity contribution in [3.05, 3.63) is 42.4 Å². The SMILES string of the molecule is COc1ncc(-c2cc(C(F)(F)F)cc3[nH]ncc23)c2cc[nH]c12. The second-order valence-electron chi connectivity index (χ2n) is 5.30. The quantitative estimate of drug-likeness (QED) is 0.580. The number of methoxy groups -OCH3 is 1. The first-order chi connectivity index (χ1) is 11.5. The van der Waals surface area contributed by atoms with Crippen molar-refractivity contribution in [1.82, 2.24) is 20.2 Å². The number of aromatic amines is 2. The summed E-state index contributed by atoms with van der Waals surface area (Å²) in [5, 5.41) is 7.79. The normalized spacial score (nSPS) is 12.2. The molecule has 0 fully saturated rings. The van der Waals surface area contributed by atoms with Crippen molar-refractivity contribution in [2.45, 2.75) is 6.18 Å². The molecule has 0 amide bonds. The number of benzene rings is 1. The van der Waals surface area contributed by atoms with E-state index in [1.807, 2.05) is 0 Å². The van der Waals surface area contributed by atoms with E-state index < -0.39 is 11.7 Å². The monoisotopic (exact) mass is 332 g/mol. The average Bonchev–Trinajstić information content (AvgIpc) is 3.21. The maximum atomic E-state index is 13.2. The summed E-state index contributed by atoms with van der Waals surface area (Å²) in [6.45, 7) is 0. The van der Waals surface area contributed by atoms with Gasteiger partial charge < -0.3 is 9.72 Å². The average molecular weight is 332 g/mol. The Hall–Kier alpha value is -3.03. The van der Waals surface area contributed by atoms with Gasteiger partial charge in [-0.3, -0.25) is 5.10 Å². The van der Waals surface area contributed by atoms with Crippen LogP contribution >= 0.6 is 0 Å². The highest BCUT2D eigenvalue weighted by Crippen LogP contribution is 2.39. The number of nitrogens with zero attached hydrogens (tertiary/aromatic N) is 2. The number of aromatic nitrogens is 4. The molecule has 0 aliphatic heterocycles. The summed E-state index contributed by atoms with van der Waals surface area (Å²) in [4.78, 5) is 7.19. The van der Waals surface area contributed by atoms with Gasteiger partial charge in [-0.2, -0.15) is 18.3 Å². The fourth-order valence-electron chi connectivity index (χ4n) is 2.84. The number of ether oxygens (including phenoxy) is 1. The molecule has 24 heavy (non-hydrogen) atoms. The van der Waals surface area contributed by atoms with Gasteiger partial charge >= 0.3 is 6.18 Å². The third kappa shape index (κ3) is 2.10. The molecule has 3 heterocycles. The van der Waals surface area contributed by atoms with Crippen LogP contribution in [0.15, 0.2) is 36.8 Å². The van der Waals surface area contributed by atoms with Crippen LogP contribution in [0.3, 0.4) is 0 Å². The number of halogens is 3. The molecule has 4 aromatic rings. The smallest absolute Gasteiger partial charge is 0.416 e. The number of nitrogens with one attached hydrogen (secondary N) is 2. The molecule has 0 saturated carbocycles. The number of hydrogen-bond acceptors (Lipinski definition) is 3. The number of alkyl halides is 3. The first kappa shape index (κ1) is 14.6. The summed E-state index contributed by atoms with van der Waals surface area (Å²) in [5.74, 6) is 0.383. The summed E-state index contributed by atoms with van der Waals surface area (Å²) in [6.07, 6.45) is 0.258. The maximum absolute atomic E-state index is 13.2. The number of pyridine rings is 1. The van der Waals surface area contributed by atoms with Crippen LogP contribution in [-0.4, -0.2) is 27.3 Å². The standard InChI is InChI=1S/C16H11F3N4O/c1-24-15-14-9(2-3-20-14)11(6-21-15)10-4-8(16(17,18)19)5-13-12(10)7-22-23-13/h2-7,20H,1H3,(H,22,23). The van der Waals surface area contributed by atoms with Gasteiger partial charge in [0.05, 0.1) is 24.4 Å². The van der Waals surface area contributed by atoms with Gasteiger partial charge in [0.2, 0.25) is 5.88 Å². The van der Waals surface area contributed by atoms with E-state index in [-0.39, 0.29) is 0 Å². The van der Waals surface area contributed by atoms with E-state index >= 15 is 0 Å². The van der Waals surface area contributed by atoms with Crippen LogP contribution in [-0.2, 0) is 6.18 Å². The maximum Gasteiger partial charge on any atom is 0.416 e. The van der Waals surface area contributed by atoms with Crippen molar-refractivity contribution in [1.29, 1.82) is 0 Å². The van der Waals surface area contributed by atoms with E-state index in [0.29, 0.717) is 33.4 Å². The van der Waals surface area contributed by atoms with Crippen molar-refractivity contribution in [2.75, 3.05) is 7.11 Å². The Kier molecular flexibility index (Phi) is 3.02. The highest BCUT2D eigenvalue weighted by molar-refractivity contribution is 6.04. The summed E-state index contributed by atoms with van der Waals surface area (Å²) in [6, 6.07) is 3.95. The molecular weight excluding hydrogens is 321 g/mol. The van der Waals surface area contributed by atoms with Gasteiger partial charge in [-0.25, -0.2) is 4.98 Å². The second-order valence-corrected chi connectivity index (χ2v) is 5.30. The molecule has 0 aliphatic rings. The van der Waals surface area contributed by atoms with E-state index in [0.717, 1.165) is 17.5 Å². The van der Waals surface area contributed by atoms with Gasteiger partial charge in [-0.1, -0.05) is 0 Å². The zero-order chi connectivity index (χ0) is 16.9. The molecule has 0 aliphatic carbocycles. The lowest BCUT2D eigenvalue weighted by Crippen LogP contribution is -2.05. The Morgan fingerprint density at radius 2 is 1.92 bits per heavy atom. The molecule has 5 nitrogen and oxygen atoms in total. The van der Waals surface area contributed by atoms with Crippen LogP contribution in [0, 0.1) is 0 Å². The van der Waals surface area contributed by atoms with Gasteiger partial charge in [0.1, 0.15) is 5.52 Å². The highest BCUT2D eigenvalue weighted by Gasteiger charge is 2.32. The van der Waals surface area contributed by atoms with Crippen LogP contribution < -0.4 is 4.74 Å². The lowest BCUT2D eigenvalue weighted by molar-refractivity contribution is -0.137. The second kappa shape index (κ2) is 4.98. The Morgan fingerprint density at radius 1 is 1.08 bits per heavy atom. The first-order valence-electron chi connectivity index (χ1n) is 7.04. The molecule has 122 valence electrons. The minimum atomic E-state index is -4.45. The molecule has 0 unspecified atom stereocenters. The topological polar surface area (TPSA) is 66.6 Å². The minimum Gasteiger partial charge on any atom is -0.479 e. The Balaban J connectivity index is 2.07. The molecule has 2 N–H and O–H groups in total. The van der Waals surface area contributed by atoms with Crippen molar-refractivity contribution in [3.63, 3.8) is 0 Å². The zero-order valence-corrected chi connectivity index (χ0v) is 12.4. The van der Waals surface area contributed by atoms with Crippen LogP contribution in [0.5, 0.6) is 5.88 Å². The summed E-state index contributed by atoms with van der Waals surface area (Å²) >= 11 is 0. The molecule has 3 aromatic heterocycles. The molecular formula is C16H11F3N4O. The molecule has 0 bridgehead atoms. The van der Waals surface area contributed by atoms with Crippen LogP contribution in [0.25, 0.3) is 32.9 Å². The van der Waals surface area contributed by atoms with Crippen LogP contribution in [0.4, 0.5) is 13.2 Å². The summed E-state index contributed by atoms with van der Waals surface area (Å²) in [7, 11) is 1.49. The highest BCUT2D eigenvalue weighted by atomic mass is 19.4. The van der Waals surface area contributed by atoms with Gasteiger partial charge in [-0.05, 0) is 23.8 Å². The van der Waals surface area contributed by atoms with Crippen molar-refractivity contribution in [2.24, 2.45) is 0 Å². The third-order valence-corrected chi connectivity index (χ3v) is 3.93. The van der Waals surface area contributed by atoms with Gasteiger partial charge in [0.25, 0.3) is 0 Å². The van der Waals surface area contributed by atoms with Crippen LogP contribution in [0.1, 0.15) is 5.56 Å². The lowest BCUT2D eigenvalue weighted by Gasteiger charge is -2.12. The van der Waals surface area contributed by atoms with Crippen molar-refractivity contribution in [3.8, 4) is 17.0 Å². The molecule has 0 radical (unpaired) electrons. The fourth-order valence-corrected chi connectivity index (χ4v) is 2.84. The number of hydrogen-bond donors (Lipinski definition) is 2. The largest absolute Gasteiger partial charge is 0.479 e. The number of H-pyrrole nitrogens is 2. The molecule has 1 aromatic carbocycles. The minimum absolute atomic E-state index is 0.319. The van der Waals surface area contributed by atoms with E-state index in [4.69, 9.17) is 4.74 Å². The van der Waals surface area contributed by atoms with Crippen molar-refractivity contribution < 1.29 is 17.9 Å². The predicted molar refractivity (Wildman–Crippen MR) is 82.7 cm³/mol. The number of rotatable bonds is 2. The molecule has 0 spiro atoms. The molecule has 0 atom stereocenters. The number of fused-ring (bicyclic) bond motifs is 2. The Labute approximate surface area is 133 Å². The predicted octanol–water partition coefficient (Wildman–Crippen LogP) is 4.13. The lowest BCUT2D eigenvalue weighted by atomic mass is 9.98. The Bertz CT molecular complexity index is 1050. The van der Waals surface area contributed by atoms with E-state index in [9.17, 15) is 13.2 Å². The fraction of sp³-hybridized carbons (Fsp3) is 0.125.